The van der Waals surface area contributed by atoms with E-state index in [1.807, 2.05) is 18.7 Å². The Labute approximate surface area is 191 Å². The third-order valence-corrected chi connectivity index (χ3v) is 6.73. The number of amides is 2. The molecular weight excluding hydrogens is 408 g/mol. The normalized spacial score (nSPS) is 19.2. The maximum atomic E-state index is 12.9. The van der Waals surface area contributed by atoms with Crippen LogP contribution >= 0.6 is 0 Å². The van der Waals surface area contributed by atoms with E-state index in [0.717, 1.165) is 49.3 Å². The highest BCUT2D eigenvalue weighted by Crippen LogP contribution is 2.22. The zero-order valence-corrected chi connectivity index (χ0v) is 19.8. The number of H-pyrrole nitrogens is 1. The van der Waals surface area contributed by atoms with Crippen molar-refractivity contribution in [2.75, 3.05) is 45.9 Å². The number of esters is 1. The number of carbonyl (C=O) groups excluding carboxylic acids is 3. The summed E-state index contributed by atoms with van der Waals surface area (Å²) in [5.41, 5.74) is 3.21. The third kappa shape index (κ3) is 6.12. The molecule has 0 aromatic carbocycles. The van der Waals surface area contributed by atoms with Crippen molar-refractivity contribution in [3.8, 4) is 0 Å². The fourth-order valence-corrected chi connectivity index (χ4v) is 4.87. The molecule has 3 rings (SSSR count). The molecule has 2 saturated heterocycles. The lowest BCUT2D eigenvalue weighted by molar-refractivity contribution is -0.135. The van der Waals surface area contributed by atoms with Crippen LogP contribution in [0.25, 0.3) is 0 Å². The highest BCUT2D eigenvalue weighted by atomic mass is 16.5. The average Bonchev–Trinajstić information content (AvgIpc) is 3.40. The Kier molecular flexibility index (Phi) is 8.73. The summed E-state index contributed by atoms with van der Waals surface area (Å²) < 4.78 is 5.10. The molecule has 1 aromatic heterocycles. The molecule has 8 nitrogen and oxygen atoms in total. The number of piperidine rings is 1. The molecule has 32 heavy (non-hydrogen) atoms. The number of carbonyl (C=O) groups is 3. The predicted molar refractivity (Wildman–Crippen MR) is 123 cm³/mol. The minimum absolute atomic E-state index is 0.0669. The standard InChI is InChI=1S/C24H38N4O4/c1-4-32-24(31)22-17(2)20(18(3)26-22)9-10-21(29)28-14-7-8-19(16-28)23(30)25-11-15-27-12-5-6-13-27/h19,26H,4-16H2,1-3H3,(H,25,30). The molecule has 1 aromatic rings. The van der Waals surface area contributed by atoms with Crippen LogP contribution in [0.15, 0.2) is 0 Å². The summed E-state index contributed by atoms with van der Waals surface area (Å²) >= 11 is 0. The second-order valence-electron chi connectivity index (χ2n) is 8.97. The van der Waals surface area contributed by atoms with Gasteiger partial charge in [-0.05, 0) is 77.1 Å². The molecule has 2 aliphatic rings. The van der Waals surface area contributed by atoms with Crippen molar-refractivity contribution < 1.29 is 19.1 Å². The molecule has 0 spiro atoms. The Morgan fingerprint density at radius 3 is 2.59 bits per heavy atom. The molecular formula is C24H38N4O4. The third-order valence-electron chi connectivity index (χ3n) is 6.73. The zero-order chi connectivity index (χ0) is 23.1. The van der Waals surface area contributed by atoms with Crippen LogP contribution in [0.1, 0.15) is 66.3 Å². The summed E-state index contributed by atoms with van der Waals surface area (Å²) in [7, 11) is 0. The molecule has 3 heterocycles. The van der Waals surface area contributed by atoms with Gasteiger partial charge in [0.1, 0.15) is 5.69 Å². The molecule has 0 aliphatic carbocycles. The highest BCUT2D eigenvalue weighted by Gasteiger charge is 2.28. The van der Waals surface area contributed by atoms with Gasteiger partial charge in [0.15, 0.2) is 0 Å². The molecule has 0 bridgehead atoms. The van der Waals surface area contributed by atoms with Gasteiger partial charge in [-0.15, -0.1) is 0 Å². The minimum Gasteiger partial charge on any atom is -0.461 e. The van der Waals surface area contributed by atoms with E-state index in [1.54, 1.807) is 6.92 Å². The number of ether oxygens (including phenoxy) is 1. The minimum atomic E-state index is -0.361. The maximum absolute atomic E-state index is 12.9. The van der Waals surface area contributed by atoms with Gasteiger partial charge in [0, 0.05) is 38.3 Å². The number of aryl methyl sites for hydroxylation is 1. The fraction of sp³-hybridized carbons (Fsp3) is 0.708. The molecule has 0 saturated carbocycles. The number of hydrogen-bond acceptors (Lipinski definition) is 5. The summed E-state index contributed by atoms with van der Waals surface area (Å²) in [6, 6.07) is 0. The van der Waals surface area contributed by atoms with E-state index in [4.69, 9.17) is 4.74 Å². The Morgan fingerprint density at radius 2 is 1.88 bits per heavy atom. The van der Waals surface area contributed by atoms with Gasteiger partial charge < -0.3 is 24.8 Å². The van der Waals surface area contributed by atoms with Gasteiger partial charge in [-0.2, -0.15) is 0 Å². The van der Waals surface area contributed by atoms with E-state index in [9.17, 15) is 14.4 Å². The first kappa shape index (κ1) is 24.3. The lowest BCUT2D eigenvalue weighted by atomic mass is 9.96. The number of aromatic amines is 1. The molecule has 2 aliphatic heterocycles. The van der Waals surface area contributed by atoms with Gasteiger partial charge >= 0.3 is 5.97 Å². The summed E-state index contributed by atoms with van der Waals surface area (Å²) in [6.07, 6.45) is 5.11. The van der Waals surface area contributed by atoms with Crippen molar-refractivity contribution >= 4 is 17.8 Å². The Morgan fingerprint density at radius 1 is 1.12 bits per heavy atom. The van der Waals surface area contributed by atoms with Gasteiger partial charge in [-0.25, -0.2) is 4.79 Å². The smallest absolute Gasteiger partial charge is 0.355 e. The maximum Gasteiger partial charge on any atom is 0.355 e. The Bertz CT molecular complexity index is 813. The molecule has 1 unspecified atom stereocenters. The van der Waals surface area contributed by atoms with Crippen LogP contribution in [0.5, 0.6) is 0 Å². The summed E-state index contributed by atoms with van der Waals surface area (Å²) in [5.74, 6) is -0.354. The van der Waals surface area contributed by atoms with E-state index in [1.165, 1.54) is 12.8 Å². The van der Waals surface area contributed by atoms with Gasteiger partial charge in [0.25, 0.3) is 0 Å². The van der Waals surface area contributed by atoms with Crippen LogP contribution in [0.2, 0.25) is 0 Å². The predicted octanol–water partition coefficient (Wildman–Crippen LogP) is 2.19. The number of nitrogens with zero attached hydrogens (tertiary/aromatic N) is 2. The lowest BCUT2D eigenvalue weighted by Gasteiger charge is -2.32. The molecule has 0 radical (unpaired) electrons. The number of hydrogen-bond donors (Lipinski definition) is 2. The first-order chi connectivity index (χ1) is 15.4. The SMILES string of the molecule is CCOC(=O)c1[nH]c(C)c(CCC(=O)N2CCCC(C(=O)NCCN3CCCC3)C2)c1C. The molecule has 2 N–H and O–H groups in total. The van der Waals surface area contributed by atoms with E-state index in [-0.39, 0.29) is 23.7 Å². The van der Waals surface area contributed by atoms with E-state index in [2.05, 4.69) is 15.2 Å². The molecule has 2 fully saturated rings. The number of rotatable bonds is 9. The van der Waals surface area contributed by atoms with Crippen molar-refractivity contribution in [1.29, 1.82) is 0 Å². The second-order valence-corrected chi connectivity index (χ2v) is 8.97. The topological polar surface area (TPSA) is 94.7 Å². The van der Waals surface area contributed by atoms with Crippen molar-refractivity contribution in [1.82, 2.24) is 20.1 Å². The van der Waals surface area contributed by atoms with E-state index in [0.29, 0.717) is 44.8 Å². The van der Waals surface area contributed by atoms with Crippen LogP contribution < -0.4 is 5.32 Å². The van der Waals surface area contributed by atoms with Crippen LogP contribution in [-0.2, 0) is 20.7 Å². The molecule has 1 atom stereocenters. The number of nitrogens with one attached hydrogen (secondary N) is 2. The highest BCUT2D eigenvalue weighted by molar-refractivity contribution is 5.90. The van der Waals surface area contributed by atoms with Crippen molar-refractivity contribution in [3.05, 3.63) is 22.5 Å². The molecule has 2 amide bonds. The number of aromatic nitrogens is 1. The van der Waals surface area contributed by atoms with Crippen LogP contribution in [-0.4, -0.2) is 78.4 Å². The number of likely N-dealkylation sites (tertiary alicyclic amines) is 2. The summed E-state index contributed by atoms with van der Waals surface area (Å²) in [5, 5.41) is 3.07. The van der Waals surface area contributed by atoms with Crippen molar-refractivity contribution in [3.63, 3.8) is 0 Å². The first-order valence-electron chi connectivity index (χ1n) is 12.0. The van der Waals surface area contributed by atoms with Gasteiger partial charge in [-0.1, -0.05) is 0 Å². The quantitative estimate of drug-likeness (QED) is 0.567. The first-order valence-corrected chi connectivity index (χ1v) is 12.0. The van der Waals surface area contributed by atoms with E-state index >= 15 is 0 Å². The summed E-state index contributed by atoms with van der Waals surface area (Å²) in [6.45, 7) is 10.9. The van der Waals surface area contributed by atoms with Crippen LogP contribution in [0.3, 0.4) is 0 Å². The fourth-order valence-electron chi connectivity index (χ4n) is 4.87. The molecule has 8 heteroatoms. The largest absolute Gasteiger partial charge is 0.461 e. The van der Waals surface area contributed by atoms with E-state index < -0.39 is 0 Å². The second kappa shape index (κ2) is 11.5. The van der Waals surface area contributed by atoms with Crippen LogP contribution in [0, 0.1) is 19.8 Å². The Balaban J connectivity index is 1.48. The van der Waals surface area contributed by atoms with Gasteiger partial charge in [0.05, 0.1) is 12.5 Å². The van der Waals surface area contributed by atoms with Crippen LogP contribution in [0.4, 0.5) is 0 Å². The van der Waals surface area contributed by atoms with Gasteiger partial charge in [0.2, 0.25) is 11.8 Å². The zero-order valence-electron chi connectivity index (χ0n) is 19.8. The van der Waals surface area contributed by atoms with Crippen molar-refractivity contribution in [2.24, 2.45) is 5.92 Å². The summed E-state index contributed by atoms with van der Waals surface area (Å²) in [4.78, 5) is 44.9. The molecule has 178 valence electrons. The van der Waals surface area contributed by atoms with Gasteiger partial charge in [-0.3, -0.25) is 9.59 Å². The lowest BCUT2D eigenvalue weighted by Crippen LogP contribution is -2.46. The Hall–Kier alpha value is -2.35. The monoisotopic (exact) mass is 446 g/mol. The average molecular weight is 447 g/mol. The van der Waals surface area contributed by atoms with Crippen molar-refractivity contribution in [2.45, 2.75) is 59.3 Å².